The molecular formula is C21H25Hf. The van der Waals surface area contributed by atoms with Gasteiger partial charge in [-0.1, -0.05) is 0 Å². The van der Waals surface area contributed by atoms with E-state index in [-0.39, 0.29) is 10.8 Å². The van der Waals surface area contributed by atoms with Crippen LogP contribution < -0.4 is 0 Å². The molecule has 0 saturated heterocycles. The quantitative estimate of drug-likeness (QED) is 0.434. The molecular weight excluding hydrogens is 431 g/mol. The molecule has 0 amide bonds. The molecule has 0 fully saturated rings. The molecule has 0 nitrogen and oxygen atoms in total. The second-order valence-corrected chi connectivity index (χ2v) is 10.6. The molecule has 1 aliphatic rings. The van der Waals surface area contributed by atoms with Gasteiger partial charge in [0.25, 0.3) is 0 Å². The fourth-order valence-electron chi connectivity index (χ4n) is 3.43. The average molecular weight is 456 g/mol. The first kappa shape index (κ1) is 16.2. The predicted octanol–water partition coefficient (Wildman–Crippen LogP) is 5.90. The Hall–Kier alpha value is -0.690. The monoisotopic (exact) mass is 457 g/mol. The maximum absolute atomic E-state index is 2.44. The molecule has 22 heavy (non-hydrogen) atoms. The summed E-state index contributed by atoms with van der Waals surface area (Å²) in [6.07, 6.45) is 0. The van der Waals surface area contributed by atoms with Gasteiger partial charge in [0.15, 0.2) is 0 Å². The molecule has 0 heterocycles. The zero-order chi connectivity index (χ0) is 16.3. The molecule has 2 aromatic rings. The van der Waals surface area contributed by atoms with E-state index in [4.69, 9.17) is 0 Å². The van der Waals surface area contributed by atoms with Crippen LogP contribution in [-0.4, -0.2) is 0 Å². The molecule has 1 heteroatoms. The summed E-state index contributed by atoms with van der Waals surface area (Å²) in [4.78, 5) is 0. The summed E-state index contributed by atoms with van der Waals surface area (Å²) < 4.78 is 0.634. The number of hydrogen-bond donors (Lipinski definition) is 0. The second-order valence-electron chi connectivity index (χ2n) is 8.50. The molecule has 113 valence electrons. The van der Waals surface area contributed by atoms with Gasteiger partial charge >= 0.3 is 150 Å². The Kier molecular flexibility index (Phi) is 3.79. The van der Waals surface area contributed by atoms with E-state index in [0.29, 0.717) is 3.67 Å². The van der Waals surface area contributed by atoms with Gasteiger partial charge in [-0.2, -0.15) is 0 Å². The Labute approximate surface area is 149 Å². The standard InChI is InChI=1S/C21H25.Hf/c1-20(2,3)15-11-10-14-12-18-16(17(14)13-15)8-7-9-19(18)21(4,5)6;/h7-13H,1-6H3;. The van der Waals surface area contributed by atoms with E-state index >= 15 is 0 Å². The third kappa shape index (κ3) is 2.56. The molecule has 1 unspecified atom stereocenters. The molecule has 0 aliphatic heterocycles. The Morgan fingerprint density at radius 1 is 0.818 bits per heavy atom. The third-order valence-corrected chi connectivity index (χ3v) is 6.88. The zero-order valence-corrected chi connectivity index (χ0v) is 18.1. The van der Waals surface area contributed by atoms with E-state index in [1.165, 1.54) is 46.6 Å². The first-order valence-corrected chi connectivity index (χ1v) is 10.2. The van der Waals surface area contributed by atoms with E-state index in [2.05, 4.69) is 77.9 Å². The van der Waals surface area contributed by atoms with Crippen LogP contribution in [0.5, 0.6) is 0 Å². The van der Waals surface area contributed by atoms with Crippen LogP contribution in [0.1, 0.15) is 67.5 Å². The van der Waals surface area contributed by atoms with Gasteiger partial charge in [0.2, 0.25) is 0 Å². The summed E-state index contributed by atoms with van der Waals surface area (Å²) in [5.41, 5.74) is 9.49. The summed E-state index contributed by atoms with van der Waals surface area (Å²) in [6, 6.07) is 14.1. The van der Waals surface area contributed by atoms with Crippen molar-refractivity contribution < 1.29 is 24.4 Å². The van der Waals surface area contributed by atoms with Crippen LogP contribution in [0, 0.1) is 0 Å². The first-order valence-electron chi connectivity index (χ1n) is 8.10. The Morgan fingerprint density at radius 2 is 1.50 bits per heavy atom. The van der Waals surface area contributed by atoms with E-state index in [9.17, 15) is 0 Å². The molecule has 0 radical (unpaired) electrons. The normalized spacial score (nSPS) is 17.2. The minimum absolute atomic E-state index is 0.208. The summed E-state index contributed by atoms with van der Waals surface area (Å²) in [7, 11) is 0. The second kappa shape index (κ2) is 5.16. The van der Waals surface area contributed by atoms with Crippen LogP contribution in [0.3, 0.4) is 0 Å². The van der Waals surface area contributed by atoms with Gasteiger partial charge < -0.3 is 0 Å². The number of hydrogen-bond acceptors (Lipinski definition) is 0. The van der Waals surface area contributed by atoms with Crippen molar-refractivity contribution in [1.82, 2.24) is 0 Å². The molecule has 2 aromatic carbocycles. The fraction of sp³-hybridized carbons (Fsp3) is 0.429. The molecule has 0 spiro atoms. The SMILES string of the molecule is CC(C)(C)c1ccc2c(c1)-c1cccc(C(C)(C)C)c1[CH]2[Hf]. The molecule has 0 saturated carbocycles. The zero-order valence-electron chi connectivity index (χ0n) is 14.5. The number of benzene rings is 2. The minimum atomic E-state index is 0.208. The van der Waals surface area contributed by atoms with Crippen LogP contribution in [0.4, 0.5) is 0 Å². The predicted molar refractivity (Wildman–Crippen MR) is 91.1 cm³/mol. The first-order chi connectivity index (χ1) is 10.1. The van der Waals surface area contributed by atoms with Crippen molar-refractivity contribution >= 4 is 0 Å². The third-order valence-electron chi connectivity index (χ3n) is 4.72. The van der Waals surface area contributed by atoms with E-state index in [0.717, 1.165) is 0 Å². The van der Waals surface area contributed by atoms with Gasteiger partial charge in [-0.3, -0.25) is 0 Å². The fourth-order valence-corrected chi connectivity index (χ4v) is 5.45. The van der Waals surface area contributed by atoms with Gasteiger partial charge in [-0.15, -0.1) is 0 Å². The molecule has 1 atom stereocenters. The Balaban J connectivity index is 2.26. The van der Waals surface area contributed by atoms with E-state index in [1.54, 1.807) is 11.1 Å². The summed E-state index contributed by atoms with van der Waals surface area (Å²) >= 11 is 1.18. The maximum atomic E-state index is 2.44. The topological polar surface area (TPSA) is 0 Å². The van der Waals surface area contributed by atoms with Gasteiger partial charge in [0.1, 0.15) is 0 Å². The molecule has 0 N–H and O–H groups in total. The van der Waals surface area contributed by atoms with Crippen molar-refractivity contribution in [3.8, 4) is 11.1 Å². The molecule has 1 aliphatic carbocycles. The summed E-state index contributed by atoms with van der Waals surface area (Å²) in [6.45, 7) is 13.9. The van der Waals surface area contributed by atoms with E-state index in [1.807, 2.05) is 0 Å². The van der Waals surface area contributed by atoms with Crippen LogP contribution >= 0.6 is 0 Å². The number of fused-ring (bicyclic) bond motifs is 3. The van der Waals surface area contributed by atoms with Crippen molar-refractivity contribution in [3.05, 3.63) is 58.7 Å². The van der Waals surface area contributed by atoms with Crippen LogP contribution in [0.15, 0.2) is 36.4 Å². The van der Waals surface area contributed by atoms with Gasteiger partial charge in [-0.25, -0.2) is 0 Å². The van der Waals surface area contributed by atoms with Crippen molar-refractivity contribution in [3.63, 3.8) is 0 Å². The summed E-state index contributed by atoms with van der Waals surface area (Å²) in [5.74, 6) is 0. The van der Waals surface area contributed by atoms with Gasteiger partial charge in [-0.05, 0) is 0 Å². The number of rotatable bonds is 0. The average Bonchev–Trinajstić information content (AvgIpc) is 2.70. The van der Waals surface area contributed by atoms with Gasteiger partial charge in [0, 0.05) is 0 Å². The Morgan fingerprint density at radius 3 is 2.09 bits per heavy atom. The molecule has 0 bridgehead atoms. The van der Waals surface area contributed by atoms with Crippen molar-refractivity contribution in [2.24, 2.45) is 0 Å². The van der Waals surface area contributed by atoms with Crippen LogP contribution in [0.2, 0.25) is 0 Å². The van der Waals surface area contributed by atoms with Crippen molar-refractivity contribution in [1.29, 1.82) is 0 Å². The van der Waals surface area contributed by atoms with Crippen molar-refractivity contribution in [2.45, 2.75) is 56.0 Å². The van der Waals surface area contributed by atoms with E-state index < -0.39 is 0 Å². The van der Waals surface area contributed by atoms with Crippen molar-refractivity contribution in [2.75, 3.05) is 0 Å². The Bertz CT molecular complexity index is 727. The summed E-state index contributed by atoms with van der Waals surface area (Å²) in [5, 5.41) is 0. The molecule has 0 aromatic heterocycles. The van der Waals surface area contributed by atoms with Crippen LogP contribution in [0.25, 0.3) is 11.1 Å². The molecule has 3 rings (SSSR count). The van der Waals surface area contributed by atoms with Gasteiger partial charge in [0.05, 0.1) is 0 Å². The van der Waals surface area contributed by atoms with Crippen LogP contribution in [-0.2, 0) is 35.2 Å².